The number of carbonyl (C=O) groups excluding carboxylic acids is 1. The van der Waals surface area contributed by atoms with Crippen LogP contribution in [0.15, 0.2) is 41.5 Å². The Morgan fingerprint density at radius 1 is 1.28 bits per heavy atom. The number of benzene rings is 2. The molecule has 2 aliphatic rings. The van der Waals surface area contributed by atoms with E-state index in [0.29, 0.717) is 30.8 Å². The maximum Gasteiger partial charge on any atom is 0.241 e. The fourth-order valence-corrected chi connectivity index (χ4v) is 5.52. The van der Waals surface area contributed by atoms with Crippen LogP contribution in [0, 0.1) is 23.4 Å². The number of amides is 1. The van der Waals surface area contributed by atoms with E-state index < -0.39 is 22.3 Å². The molecule has 4 rings (SSSR count). The molecule has 3 N–H and O–H groups in total. The van der Waals surface area contributed by atoms with Gasteiger partial charge in [-0.15, -0.1) is 0 Å². The van der Waals surface area contributed by atoms with Crippen LogP contribution in [0.5, 0.6) is 0 Å². The van der Waals surface area contributed by atoms with E-state index in [1.54, 1.807) is 6.07 Å². The highest BCUT2D eigenvalue weighted by Gasteiger charge is 2.55. The largest absolute Gasteiger partial charge is 0.384 e. The van der Waals surface area contributed by atoms with Gasteiger partial charge in [0.05, 0.1) is 0 Å². The second-order valence-corrected chi connectivity index (χ2v) is 8.22. The Balaban J connectivity index is 1.91. The van der Waals surface area contributed by atoms with Gasteiger partial charge in [0.25, 0.3) is 0 Å². The van der Waals surface area contributed by atoms with E-state index in [1.807, 2.05) is 0 Å². The fraction of sp³-hybridized carbons (Fsp3) is 0.300. The monoisotopic (exact) mass is 420 g/mol. The number of carbonyl (C=O) groups is 1. The Bertz CT molecular complexity index is 1020. The lowest BCUT2D eigenvalue weighted by Gasteiger charge is -2.46. The Morgan fingerprint density at radius 2 is 2.00 bits per heavy atom. The molecule has 29 heavy (non-hydrogen) atoms. The minimum absolute atomic E-state index is 0.0406. The summed E-state index contributed by atoms with van der Waals surface area (Å²) in [5, 5.41) is 9.04. The Kier molecular flexibility index (Phi) is 5.04. The Morgan fingerprint density at radius 3 is 2.72 bits per heavy atom. The third-order valence-corrected chi connectivity index (χ3v) is 6.72. The predicted octanol–water partition coefficient (Wildman–Crippen LogP) is 3.60. The number of nitrogens with zero attached hydrogens (tertiary/aromatic N) is 2. The van der Waals surface area contributed by atoms with Crippen LogP contribution in [-0.2, 0) is 9.67 Å². The maximum absolute atomic E-state index is 14.5. The highest BCUT2D eigenvalue weighted by Crippen LogP contribution is 2.56. The number of hydrogen-bond acceptors (Lipinski definition) is 5. The van der Waals surface area contributed by atoms with E-state index in [2.05, 4.69) is 10.4 Å². The molecule has 9 heteroatoms. The van der Waals surface area contributed by atoms with E-state index in [9.17, 15) is 18.0 Å². The lowest BCUT2D eigenvalue weighted by atomic mass is 9.84. The number of thioether (sulfide) groups is 1. The summed E-state index contributed by atoms with van der Waals surface area (Å²) in [6, 6.07) is 7.37. The van der Waals surface area contributed by atoms with Gasteiger partial charge in [-0.3, -0.25) is 4.79 Å². The molecule has 0 aliphatic carbocycles. The molecule has 0 bridgehead atoms. The van der Waals surface area contributed by atoms with E-state index in [4.69, 9.17) is 5.73 Å². The van der Waals surface area contributed by atoms with Gasteiger partial charge in [-0.1, -0.05) is 11.8 Å². The molecule has 2 heterocycles. The van der Waals surface area contributed by atoms with Crippen LogP contribution < -0.4 is 11.1 Å². The van der Waals surface area contributed by atoms with Gasteiger partial charge in [-0.25, -0.2) is 18.2 Å². The zero-order chi connectivity index (χ0) is 20.8. The van der Waals surface area contributed by atoms with Crippen molar-refractivity contribution < 1.29 is 18.0 Å². The first-order valence-electron chi connectivity index (χ1n) is 9.14. The standard InChI is InChI=1S/C20H19F3N4OS/c1-11(28)27-20(29-19(26-27)15-8-13(21)2-4-17(15)23)12(6-7-24)10-25-18-5-3-14(22)9-16(18)20/h2-5,8-9,12,25H,6-7,10,24H2,1H3/t12-,20+/m0/s1. The zero-order valence-electron chi connectivity index (χ0n) is 15.6. The quantitative estimate of drug-likeness (QED) is 0.796. The van der Waals surface area contributed by atoms with Gasteiger partial charge >= 0.3 is 0 Å². The molecule has 1 spiro atoms. The summed E-state index contributed by atoms with van der Waals surface area (Å²) in [7, 11) is 0. The molecule has 0 radical (unpaired) electrons. The average molecular weight is 420 g/mol. The number of hydrogen-bond donors (Lipinski definition) is 2. The van der Waals surface area contributed by atoms with Crippen LogP contribution >= 0.6 is 11.8 Å². The van der Waals surface area contributed by atoms with E-state index in [0.717, 1.165) is 30.0 Å². The molecule has 152 valence electrons. The zero-order valence-corrected chi connectivity index (χ0v) is 16.4. The van der Waals surface area contributed by atoms with Gasteiger partial charge in [-0.05, 0) is 49.4 Å². The molecule has 0 aromatic heterocycles. The van der Waals surface area contributed by atoms with Crippen molar-refractivity contribution in [1.29, 1.82) is 0 Å². The molecule has 2 aromatic carbocycles. The summed E-state index contributed by atoms with van der Waals surface area (Å²) in [6.07, 6.45) is 0.522. The first-order valence-corrected chi connectivity index (χ1v) is 9.96. The highest BCUT2D eigenvalue weighted by molar-refractivity contribution is 8.15. The van der Waals surface area contributed by atoms with Crippen molar-refractivity contribution in [3.05, 3.63) is 65.0 Å². The number of nitrogens with one attached hydrogen (secondary N) is 1. The van der Waals surface area contributed by atoms with Gasteiger partial charge in [0.1, 0.15) is 27.4 Å². The Hall–Kier alpha value is -2.52. The molecule has 2 aromatic rings. The third kappa shape index (κ3) is 3.18. The molecule has 0 unspecified atom stereocenters. The summed E-state index contributed by atoms with van der Waals surface area (Å²) >= 11 is 1.13. The molecule has 0 fully saturated rings. The molecular formula is C20H19F3N4OS. The van der Waals surface area contributed by atoms with Crippen LogP contribution in [-0.4, -0.2) is 29.0 Å². The molecule has 2 aliphatic heterocycles. The third-order valence-electron chi connectivity index (χ3n) is 5.19. The molecule has 0 saturated heterocycles. The van der Waals surface area contributed by atoms with Crippen LogP contribution in [0.4, 0.5) is 18.9 Å². The second kappa shape index (κ2) is 7.38. The number of anilines is 1. The van der Waals surface area contributed by atoms with Gasteiger partial charge in [0.2, 0.25) is 5.91 Å². The number of rotatable bonds is 3. The topological polar surface area (TPSA) is 70.7 Å². The average Bonchev–Trinajstić information content (AvgIpc) is 3.08. The summed E-state index contributed by atoms with van der Waals surface area (Å²) in [5.41, 5.74) is 6.96. The van der Waals surface area contributed by atoms with Gasteiger partial charge in [0, 0.05) is 36.2 Å². The van der Waals surface area contributed by atoms with E-state index in [1.165, 1.54) is 24.1 Å². The number of fused-ring (bicyclic) bond motifs is 2. The first-order chi connectivity index (χ1) is 13.9. The summed E-state index contributed by atoms with van der Waals surface area (Å²) < 4.78 is 42.4. The minimum Gasteiger partial charge on any atom is -0.384 e. The summed E-state index contributed by atoms with van der Waals surface area (Å²) in [5.74, 6) is -2.35. The predicted molar refractivity (Wildman–Crippen MR) is 107 cm³/mol. The molecular weight excluding hydrogens is 401 g/mol. The van der Waals surface area contributed by atoms with Crippen LogP contribution in [0.1, 0.15) is 24.5 Å². The lowest BCUT2D eigenvalue weighted by molar-refractivity contribution is -0.133. The van der Waals surface area contributed by atoms with Crippen molar-refractivity contribution >= 4 is 28.4 Å². The summed E-state index contributed by atoms with van der Waals surface area (Å²) in [6.45, 7) is 2.16. The SMILES string of the molecule is CC(=O)N1N=C(c2cc(F)ccc2F)S[C@]12c1cc(F)ccc1NC[C@@H]2CCN. The van der Waals surface area contributed by atoms with Crippen LogP contribution in [0.2, 0.25) is 0 Å². The van der Waals surface area contributed by atoms with Crippen molar-refractivity contribution in [1.82, 2.24) is 5.01 Å². The van der Waals surface area contributed by atoms with E-state index >= 15 is 0 Å². The van der Waals surface area contributed by atoms with Crippen molar-refractivity contribution in [3.8, 4) is 0 Å². The smallest absolute Gasteiger partial charge is 0.241 e. The van der Waals surface area contributed by atoms with Gasteiger partial charge < -0.3 is 11.1 Å². The van der Waals surface area contributed by atoms with Crippen LogP contribution in [0.3, 0.4) is 0 Å². The number of halogens is 3. The van der Waals surface area contributed by atoms with E-state index in [-0.39, 0.29) is 22.4 Å². The van der Waals surface area contributed by atoms with Crippen molar-refractivity contribution in [2.24, 2.45) is 16.8 Å². The van der Waals surface area contributed by atoms with Crippen LogP contribution in [0.25, 0.3) is 0 Å². The number of nitrogens with two attached hydrogens (primary N) is 1. The molecule has 0 saturated carbocycles. The second-order valence-electron chi connectivity index (χ2n) is 7.00. The highest BCUT2D eigenvalue weighted by atomic mass is 32.2. The normalized spacial score (nSPS) is 23.0. The minimum atomic E-state index is -1.11. The van der Waals surface area contributed by atoms with Crippen molar-refractivity contribution in [3.63, 3.8) is 0 Å². The van der Waals surface area contributed by atoms with Crippen molar-refractivity contribution in [2.45, 2.75) is 18.2 Å². The first kappa shape index (κ1) is 19.8. The maximum atomic E-state index is 14.5. The van der Waals surface area contributed by atoms with Gasteiger partial charge in [-0.2, -0.15) is 5.10 Å². The lowest BCUT2D eigenvalue weighted by Crippen LogP contribution is -2.51. The fourth-order valence-electron chi connectivity index (χ4n) is 3.93. The summed E-state index contributed by atoms with van der Waals surface area (Å²) in [4.78, 5) is 11.5. The van der Waals surface area contributed by atoms with Gasteiger partial charge in [0.15, 0.2) is 0 Å². The number of hydrazone groups is 1. The van der Waals surface area contributed by atoms with Crippen molar-refractivity contribution in [2.75, 3.05) is 18.4 Å². The molecule has 1 amide bonds. The Labute approximate surface area is 170 Å². The molecule has 2 atom stereocenters. The molecule has 5 nitrogen and oxygen atoms in total.